The van der Waals surface area contributed by atoms with Gasteiger partial charge in [-0.25, -0.2) is 0 Å². The predicted octanol–water partition coefficient (Wildman–Crippen LogP) is 3.10. The Bertz CT molecular complexity index is 1020. The molecule has 124 valence electrons. The molecule has 0 radical (unpaired) electrons. The minimum absolute atomic E-state index is 0.143. The molecular formula is C20H17N3O2. The third-order valence-corrected chi connectivity index (χ3v) is 4.08. The summed E-state index contributed by atoms with van der Waals surface area (Å²) in [4.78, 5) is 27.1. The monoisotopic (exact) mass is 331 g/mol. The quantitative estimate of drug-likeness (QED) is 0.738. The van der Waals surface area contributed by atoms with Gasteiger partial charge in [-0.2, -0.15) is 5.26 Å². The summed E-state index contributed by atoms with van der Waals surface area (Å²) in [5.41, 5.74) is 1.02. The minimum atomic E-state index is -0.228. The fraction of sp³-hybridized carbons (Fsp3) is 0.150. The highest BCUT2D eigenvalue weighted by atomic mass is 16.2. The Balaban J connectivity index is 2.15. The van der Waals surface area contributed by atoms with Crippen molar-refractivity contribution in [3.63, 3.8) is 0 Å². The highest BCUT2D eigenvalue weighted by molar-refractivity contribution is 6.13. The largest absolute Gasteiger partial charge is 0.317 e. The van der Waals surface area contributed by atoms with Crippen LogP contribution in [0.3, 0.4) is 0 Å². The number of para-hydroxylation sites is 1. The standard InChI is InChI=1S/C20H17N3O2/c1-22-14-18(16-10-5-6-11-17(16)19(22)24)20(25)23(13-7-12-21)15-8-3-2-4-9-15/h2-6,8-11,14H,7,13H2,1H3. The molecule has 5 heteroatoms. The summed E-state index contributed by atoms with van der Waals surface area (Å²) in [5.74, 6) is -0.228. The number of nitriles is 1. The molecule has 1 amide bonds. The van der Waals surface area contributed by atoms with Crippen LogP contribution in [0.2, 0.25) is 0 Å². The van der Waals surface area contributed by atoms with Gasteiger partial charge in [0.2, 0.25) is 0 Å². The van der Waals surface area contributed by atoms with Gasteiger partial charge in [-0.3, -0.25) is 9.59 Å². The molecule has 0 aliphatic rings. The first-order valence-electron chi connectivity index (χ1n) is 7.95. The van der Waals surface area contributed by atoms with Crippen molar-refractivity contribution in [3.8, 4) is 6.07 Å². The van der Waals surface area contributed by atoms with Crippen molar-refractivity contribution < 1.29 is 4.79 Å². The lowest BCUT2D eigenvalue weighted by Crippen LogP contribution is -2.33. The summed E-state index contributed by atoms with van der Waals surface area (Å²) >= 11 is 0. The lowest BCUT2D eigenvalue weighted by Gasteiger charge is -2.23. The molecule has 0 aliphatic carbocycles. The number of fused-ring (bicyclic) bond motifs is 1. The summed E-state index contributed by atoms with van der Waals surface area (Å²) in [5, 5.41) is 10.1. The zero-order valence-electron chi connectivity index (χ0n) is 13.8. The van der Waals surface area contributed by atoms with E-state index in [2.05, 4.69) is 6.07 Å². The average molecular weight is 331 g/mol. The maximum atomic E-state index is 13.2. The Hall–Kier alpha value is -3.39. The Morgan fingerprint density at radius 2 is 1.72 bits per heavy atom. The summed E-state index contributed by atoms with van der Waals surface area (Å²) in [6.45, 7) is 0.288. The maximum Gasteiger partial charge on any atom is 0.260 e. The second-order valence-electron chi connectivity index (χ2n) is 5.70. The Morgan fingerprint density at radius 1 is 1.08 bits per heavy atom. The number of carbonyl (C=O) groups is 1. The van der Waals surface area contributed by atoms with Crippen LogP contribution in [-0.2, 0) is 7.05 Å². The van der Waals surface area contributed by atoms with Crippen LogP contribution in [0.4, 0.5) is 5.69 Å². The van der Waals surface area contributed by atoms with Gasteiger partial charge >= 0.3 is 0 Å². The molecule has 1 aromatic heterocycles. The number of benzene rings is 2. The number of aromatic nitrogens is 1. The van der Waals surface area contributed by atoms with E-state index in [1.807, 2.05) is 30.3 Å². The van der Waals surface area contributed by atoms with E-state index in [-0.39, 0.29) is 24.4 Å². The van der Waals surface area contributed by atoms with E-state index in [4.69, 9.17) is 5.26 Å². The Kier molecular flexibility index (Phi) is 4.62. The number of hydrogen-bond donors (Lipinski definition) is 0. The molecular weight excluding hydrogens is 314 g/mol. The first-order chi connectivity index (χ1) is 12.1. The van der Waals surface area contributed by atoms with Crippen molar-refractivity contribution >= 4 is 22.4 Å². The molecule has 0 spiro atoms. The highest BCUT2D eigenvalue weighted by Crippen LogP contribution is 2.21. The van der Waals surface area contributed by atoms with E-state index >= 15 is 0 Å². The van der Waals surface area contributed by atoms with Crippen LogP contribution in [0.15, 0.2) is 65.6 Å². The molecule has 3 rings (SSSR count). The topological polar surface area (TPSA) is 66.1 Å². The molecule has 2 aromatic carbocycles. The molecule has 0 saturated heterocycles. The van der Waals surface area contributed by atoms with E-state index in [1.54, 1.807) is 42.4 Å². The van der Waals surface area contributed by atoms with Crippen LogP contribution in [-0.4, -0.2) is 17.0 Å². The molecule has 1 heterocycles. The van der Waals surface area contributed by atoms with Crippen LogP contribution in [0.5, 0.6) is 0 Å². The molecule has 0 unspecified atom stereocenters. The van der Waals surface area contributed by atoms with Gasteiger partial charge < -0.3 is 9.47 Å². The molecule has 0 aliphatic heterocycles. The summed E-state index contributed by atoms with van der Waals surface area (Å²) < 4.78 is 1.42. The fourth-order valence-electron chi connectivity index (χ4n) is 2.85. The van der Waals surface area contributed by atoms with Crippen LogP contribution < -0.4 is 10.5 Å². The Morgan fingerprint density at radius 3 is 2.40 bits per heavy atom. The molecule has 0 atom stereocenters. The minimum Gasteiger partial charge on any atom is -0.317 e. The van der Waals surface area contributed by atoms with Crippen LogP contribution in [0.25, 0.3) is 10.8 Å². The SMILES string of the molecule is Cn1cc(C(=O)N(CCC#N)c2ccccc2)c2ccccc2c1=O. The zero-order valence-corrected chi connectivity index (χ0v) is 13.8. The predicted molar refractivity (Wildman–Crippen MR) is 97.5 cm³/mol. The van der Waals surface area contributed by atoms with E-state index in [0.29, 0.717) is 16.3 Å². The van der Waals surface area contributed by atoms with Gasteiger partial charge in [0.1, 0.15) is 0 Å². The third kappa shape index (κ3) is 3.15. The van der Waals surface area contributed by atoms with Gasteiger partial charge in [-0.15, -0.1) is 0 Å². The number of anilines is 1. The molecule has 0 bridgehead atoms. The van der Waals surface area contributed by atoms with E-state index < -0.39 is 0 Å². The molecule has 0 fully saturated rings. The lowest BCUT2D eigenvalue weighted by atomic mass is 10.1. The van der Waals surface area contributed by atoms with E-state index in [9.17, 15) is 9.59 Å². The van der Waals surface area contributed by atoms with Crippen molar-refractivity contribution in [2.45, 2.75) is 6.42 Å². The summed E-state index contributed by atoms with van der Waals surface area (Å²) in [6.07, 6.45) is 1.79. The molecule has 25 heavy (non-hydrogen) atoms. The molecule has 0 N–H and O–H groups in total. The number of nitrogens with zero attached hydrogens (tertiary/aromatic N) is 3. The first kappa shape index (κ1) is 16.5. The van der Waals surface area contributed by atoms with E-state index in [0.717, 1.165) is 5.69 Å². The molecule has 3 aromatic rings. The fourth-order valence-corrected chi connectivity index (χ4v) is 2.85. The highest BCUT2D eigenvalue weighted by Gasteiger charge is 2.21. The molecule has 5 nitrogen and oxygen atoms in total. The number of rotatable bonds is 4. The van der Waals surface area contributed by atoms with Gasteiger partial charge in [0, 0.05) is 36.2 Å². The summed E-state index contributed by atoms with van der Waals surface area (Å²) in [6, 6.07) is 18.4. The smallest absolute Gasteiger partial charge is 0.260 e. The van der Waals surface area contributed by atoms with Crippen molar-refractivity contribution in [3.05, 3.63) is 76.7 Å². The van der Waals surface area contributed by atoms with Gasteiger partial charge in [0.15, 0.2) is 0 Å². The maximum absolute atomic E-state index is 13.2. The Labute approximate surface area is 145 Å². The number of hydrogen-bond acceptors (Lipinski definition) is 3. The van der Waals surface area contributed by atoms with Crippen molar-refractivity contribution in [2.75, 3.05) is 11.4 Å². The zero-order chi connectivity index (χ0) is 17.8. The van der Waals surface area contributed by atoms with Gasteiger partial charge in [0.25, 0.3) is 11.5 Å². The van der Waals surface area contributed by atoms with Gasteiger partial charge in [-0.05, 0) is 18.2 Å². The summed E-state index contributed by atoms with van der Waals surface area (Å²) in [7, 11) is 1.63. The number of aryl methyl sites for hydroxylation is 1. The van der Waals surface area contributed by atoms with Crippen LogP contribution in [0, 0.1) is 11.3 Å². The first-order valence-corrected chi connectivity index (χ1v) is 7.95. The van der Waals surface area contributed by atoms with Crippen molar-refractivity contribution in [1.82, 2.24) is 4.57 Å². The average Bonchev–Trinajstić information content (AvgIpc) is 2.65. The van der Waals surface area contributed by atoms with Crippen molar-refractivity contribution in [1.29, 1.82) is 5.26 Å². The number of carbonyl (C=O) groups excluding carboxylic acids is 1. The van der Waals surface area contributed by atoms with Gasteiger partial charge in [-0.1, -0.05) is 36.4 Å². The number of amides is 1. The van der Waals surface area contributed by atoms with Crippen molar-refractivity contribution in [2.24, 2.45) is 7.05 Å². The lowest BCUT2D eigenvalue weighted by molar-refractivity contribution is 0.0988. The van der Waals surface area contributed by atoms with Crippen LogP contribution >= 0.6 is 0 Å². The third-order valence-electron chi connectivity index (χ3n) is 4.08. The van der Waals surface area contributed by atoms with Gasteiger partial charge in [0.05, 0.1) is 18.1 Å². The normalized spacial score (nSPS) is 10.4. The van der Waals surface area contributed by atoms with Crippen LogP contribution in [0.1, 0.15) is 16.8 Å². The second-order valence-corrected chi connectivity index (χ2v) is 5.70. The number of pyridine rings is 1. The van der Waals surface area contributed by atoms with E-state index in [1.165, 1.54) is 4.57 Å². The second kappa shape index (κ2) is 7.02. The molecule has 0 saturated carbocycles.